The summed E-state index contributed by atoms with van der Waals surface area (Å²) in [6, 6.07) is 6.55. The minimum absolute atomic E-state index is 0. The molecule has 1 aliphatic heterocycles. The Bertz CT molecular complexity index is 326. The van der Waals surface area contributed by atoms with Crippen LogP contribution in [0, 0.1) is 0 Å². The Morgan fingerprint density at radius 1 is 1.12 bits per heavy atom. The number of halogens is 1. The first kappa shape index (κ1) is 15.3. The number of hydrogen-bond acceptors (Lipinski definition) is 1. The van der Waals surface area contributed by atoms with Crippen molar-refractivity contribution in [1.82, 2.24) is 0 Å². The lowest BCUT2D eigenvalue weighted by Gasteiger charge is -2.19. The molecule has 1 aromatic rings. The molecule has 2 rings (SSSR count). The summed E-state index contributed by atoms with van der Waals surface area (Å²) < 4.78 is 5.47. The number of fused-ring (bicyclic) bond motifs is 1. The van der Waals surface area contributed by atoms with Crippen molar-refractivity contribution in [3.05, 3.63) is 29.3 Å². The van der Waals surface area contributed by atoms with Crippen LogP contribution in [0.1, 0.15) is 45.7 Å². The lowest BCUT2D eigenvalue weighted by Crippen LogP contribution is -2.10. The minimum atomic E-state index is 0. The third-order valence-corrected chi connectivity index (χ3v) is 2.56. The van der Waals surface area contributed by atoms with E-state index in [4.69, 9.17) is 4.74 Å². The smallest absolute Gasteiger partial charge is 0.122 e. The normalized spacial score (nSPS) is 12.8. The zero-order valence-electron chi connectivity index (χ0n) is 11.0. The quantitative estimate of drug-likeness (QED) is 0.657. The minimum Gasteiger partial charge on any atom is -0.493 e. The SMILES string of the molecule is CC.CC(C)(C)c1ccc2c(c1)CCO2.Cl. The second kappa shape index (κ2) is 6.15. The van der Waals surface area contributed by atoms with Gasteiger partial charge < -0.3 is 4.74 Å². The van der Waals surface area contributed by atoms with Gasteiger partial charge in [-0.1, -0.05) is 46.8 Å². The van der Waals surface area contributed by atoms with Gasteiger partial charge in [0.05, 0.1) is 6.61 Å². The van der Waals surface area contributed by atoms with Crippen LogP contribution in [0.3, 0.4) is 0 Å². The molecule has 1 nitrogen and oxygen atoms in total. The molecule has 0 atom stereocenters. The molecule has 0 aliphatic carbocycles. The Morgan fingerprint density at radius 2 is 1.75 bits per heavy atom. The average molecular weight is 243 g/mol. The number of hydrogen-bond donors (Lipinski definition) is 0. The molecule has 0 bridgehead atoms. The monoisotopic (exact) mass is 242 g/mol. The van der Waals surface area contributed by atoms with Gasteiger partial charge in [-0.2, -0.15) is 0 Å². The van der Waals surface area contributed by atoms with E-state index < -0.39 is 0 Å². The second-order valence-corrected chi connectivity index (χ2v) is 4.67. The molecular formula is C14H23ClO. The third-order valence-electron chi connectivity index (χ3n) is 2.56. The van der Waals surface area contributed by atoms with Gasteiger partial charge in [-0.3, -0.25) is 0 Å². The summed E-state index contributed by atoms with van der Waals surface area (Å²) in [5.74, 6) is 1.08. The van der Waals surface area contributed by atoms with Gasteiger partial charge in [0.25, 0.3) is 0 Å². The van der Waals surface area contributed by atoms with Gasteiger partial charge in [0.15, 0.2) is 0 Å². The van der Waals surface area contributed by atoms with Crippen molar-refractivity contribution in [2.24, 2.45) is 0 Å². The molecule has 0 amide bonds. The fourth-order valence-corrected chi connectivity index (χ4v) is 1.65. The second-order valence-electron chi connectivity index (χ2n) is 4.67. The Balaban J connectivity index is 0.000000711. The van der Waals surface area contributed by atoms with Crippen LogP contribution in [0.15, 0.2) is 18.2 Å². The molecule has 0 fully saturated rings. The van der Waals surface area contributed by atoms with Crippen LogP contribution >= 0.6 is 12.4 Å². The molecule has 0 saturated carbocycles. The summed E-state index contributed by atoms with van der Waals surface area (Å²) in [4.78, 5) is 0. The van der Waals surface area contributed by atoms with Crippen LogP contribution < -0.4 is 4.74 Å². The molecule has 0 radical (unpaired) electrons. The van der Waals surface area contributed by atoms with E-state index in [1.807, 2.05) is 13.8 Å². The zero-order chi connectivity index (χ0) is 11.5. The Hall–Kier alpha value is -0.690. The molecule has 2 heteroatoms. The Kier molecular flexibility index (Phi) is 5.88. The van der Waals surface area contributed by atoms with E-state index in [0.717, 1.165) is 18.8 Å². The summed E-state index contributed by atoms with van der Waals surface area (Å²) in [7, 11) is 0. The standard InChI is InChI=1S/C12H16O.C2H6.ClH/c1-12(2,3)10-4-5-11-9(8-10)6-7-13-11;1-2;/h4-5,8H,6-7H2,1-3H3;1-2H3;1H. The summed E-state index contributed by atoms with van der Waals surface area (Å²) >= 11 is 0. The maximum atomic E-state index is 5.47. The largest absolute Gasteiger partial charge is 0.493 e. The van der Waals surface area contributed by atoms with E-state index in [2.05, 4.69) is 39.0 Å². The van der Waals surface area contributed by atoms with Gasteiger partial charge in [0.1, 0.15) is 5.75 Å². The van der Waals surface area contributed by atoms with Crippen molar-refractivity contribution in [2.75, 3.05) is 6.61 Å². The molecule has 0 aromatic heterocycles. The van der Waals surface area contributed by atoms with E-state index in [1.54, 1.807) is 0 Å². The Morgan fingerprint density at radius 3 is 2.31 bits per heavy atom. The fourth-order valence-electron chi connectivity index (χ4n) is 1.65. The highest BCUT2D eigenvalue weighted by Gasteiger charge is 2.18. The van der Waals surface area contributed by atoms with Crippen molar-refractivity contribution in [3.63, 3.8) is 0 Å². The van der Waals surface area contributed by atoms with Crippen LogP contribution in [0.4, 0.5) is 0 Å². The highest BCUT2D eigenvalue weighted by Crippen LogP contribution is 2.30. The van der Waals surface area contributed by atoms with Gasteiger partial charge >= 0.3 is 0 Å². The van der Waals surface area contributed by atoms with Gasteiger partial charge in [0.2, 0.25) is 0 Å². The topological polar surface area (TPSA) is 9.23 Å². The fraction of sp³-hybridized carbons (Fsp3) is 0.571. The van der Waals surface area contributed by atoms with E-state index in [9.17, 15) is 0 Å². The van der Waals surface area contributed by atoms with E-state index in [0.29, 0.717) is 0 Å². The van der Waals surface area contributed by atoms with Crippen LogP contribution in [0.2, 0.25) is 0 Å². The van der Waals surface area contributed by atoms with Crippen molar-refractivity contribution in [3.8, 4) is 5.75 Å². The van der Waals surface area contributed by atoms with Crippen LogP contribution in [-0.2, 0) is 11.8 Å². The predicted molar refractivity (Wildman–Crippen MR) is 72.9 cm³/mol. The first-order valence-electron chi connectivity index (χ1n) is 5.83. The van der Waals surface area contributed by atoms with Gasteiger partial charge in [-0.25, -0.2) is 0 Å². The first-order valence-corrected chi connectivity index (χ1v) is 5.83. The summed E-state index contributed by atoms with van der Waals surface area (Å²) in [5, 5.41) is 0. The molecule has 1 aliphatic rings. The van der Waals surface area contributed by atoms with Crippen molar-refractivity contribution >= 4 is 12.4 Å². The van der Waals surface area contributed by atoms with Gasteiger partial charge in [0, 0.05) is 6.42 Å². The number of ether oxygens (including phenoxy) is 1. The lowest BCUT2D eigenvalue weighted by atomic mass is 9.86. The molecule has 92 valence electrons. The van der Waals surface area contributed by atoms with Crippen LogP contribution in [-0.4, -0.2) is 6.61 Å². The van der Waals surface area contributed by atoms with Gasteiger partial charge in [-0.15, -0.1) is 12.4 Å². The van der Waals surface area contributed by atoms with Crippen LogP contribution in [0.25, 0.3) is 0 Å². The molecule has 0 saturated heterocycles. The van der Waals surface area contributed by atoms with Crippen molar-refractivity contribution in [1.29, 1.82) is 0 Å². The zero-order valence-corrected chi connectivity index (χ0v) is 11.8. The predicted octanol–water partition coefficient (Wildman–Crippen LogP) is 4.37. The van der Waals surface area contributed by atoms with Crippen LogP contribution in [0.5, 0.6) is 5.75 Å². The lowest BCUT2D eigenvalue weighted by molar-refractivity contribution is 0.356. The molecule has 0 spiro atoms. The summed E-state index contributed by atoms with van der Waals surface area (Å²) in [5.41, 5.74) is 3.02. The molecule has 1 aromatic carbocycles. The molecule has 16 heavy (non-hydrogen) atoms. The molecule has 1 heterocycles. The number of rotatable bonds is 0. The molecule has 0 unspecified atom stereocenters. The third kappa shape index (κ3) is 3.41. The number of benzene rings is 1. The summed E-state index contributed by atoms with van der Waals surface area (Å²) in [6.07, 6.45) is 1.07. The van der Waals surface area contributed by atoms with E-state index in [-0.39, 0.29) is 17.8 Å². The molecular weight excluding hydrogens is 220 g/mol. The average Bonchev–Trinajstić information content (AvgIpc) is 2.66. The van der Waals surface area contributed by atoms with Crippen molar-refractivity contribution < 1.29 is 4.74 Å². The van der Waals surface area contributed by atoms with E-state index in [1.165, 1.54) is 11.1 Å². The van der Waals surface area contributed by atoms with Crippen molar-refractivity contribution in [2.45, 2.75) is 46.5 Å². The summed E-state index contributed by atoms with van der Waals surface area (Å²) in [6.45, 7) is 11.6. The highest BCUT2D eigenvalue weighted by atomic mass is 35.5. The maximum Gasteiger partial charge on any atom is 0.122 e. The Labute approximate surface area is 106 Å². The first-order chi connectivity index (χ1) is 7.07. The molecule has 0 N–H and O–H groups in total. The van der Waals surface area contributed by atoms with Gasteiger partial charge in [-0.05, 0) is 22.6 Å². The van der Waals surface area contributed by atoms with E-state index >= 15 is 0 Å². The highest BCUT2D eigenvalue weighted by molar-refractivity contribution is 5.85. The maximum absolute atomic E-state index is 5.47.